The highest BCUT2D eigenvalue weighted by atomic mass is 35.5. The van der Waals surface area contributed by atoms with Gasteiger partial charge in [-0.3, -0.25) is 0 Å². The van der Waals surface area contributed by atoms with Crippen LogP contribution in [0.25, 0.3) is 0 Å². The quantitative estimate of drug-likeness (QED) is 0.707. The summed E-state index contributed by atoms with van der Waals surface area (Å²) in [5.41, 5.74) is 5.95. The number of phenols is 1. The van der Waals surface area contributed by atoms with Gasteiger partial charge in [0, 0.05) is 11.6 Å². The molecule has 1 atom stereocenters. The molecule has 0 radical (unpaired) electrons. The van der Waals surface area contributed by atoms with Crippen LogP contribution in [-0.4, -0.2) is 23.9 Å². The average molecular weight is 218 g/mol. The normalized spacial score (nSPS) is 12.6. The van der Waals surface area contributed by atoms with Gasteiger partial charge in [-0.05, 0) is 6.07 Å². The van der Waals surface area contributed by atoms with Crippen molar-refractivity contribution in [3.05, 3.63) is 22.7 Å². The molecular formula is C9H12ClNO3. The van der Waals surface area contributed by atoms with Crippen molar-refractivity contribution < 1.29 is 14.9 Å². The molecule has 0 amide bonds. The Balaban J connectivity index is 3.14. The number of ether oxygens (including phenoxy) is 1. The maximum absolute atomic E-state index is 9.52. The third-order valence-corrected chi connectivity index (χ3v) is 2.19. The second kappa shape index (κ2) is 4.50. The van der Waals surface area contributed by atoms with Crippen LogP contribution in [0, 0.1) is 0 Å². The van der Waals surface area contributed by atoms with Crippen LogP contribution >= 0.6 is 11.6 Å². The molecule has 4 N–H and O–H groups in total. The second-order valence-corrected chi connectivity index (χ2v) is 3.24. The Kier molecular flexibility index (Phi) is 3.57. The van der Waals surface area contributed by atoms with Crippen LogP contribution in [0.5, 0.6) is 11.5 Å². The lowest BCUT2D eigenvalue weighted by molar-refractivity contribution is 0.265. The van der Waals surface area contributed by atoms with Gasteiger partial charge in [-0.25, -0.2) is 0 Å². The summed E-state index contributed by atoms with van der Waals surface area (Å²) in [6.07, 6.45) is 0. The fourth-order valence-electron chi connectivity index (χ4n) is 1.11. The lowest BCUT2D eigenvalue weighted by Gasteiger charge is -2.12. The third-order valence-electron chi connectivity index (χ3n) is 1.90. The van der Waals surface area contributed by atoms with Gasteiger partial charge in [0.05, 0.1) is 24.8 Å². The van der Waals surface area contributed by atoms with Crippen LogP contribution in [0.2, 0.25) is 5.02 Å². The second-order valence-electron chi connectivity index (χ2n) is 2.83. The van der Waals surface area contributed by atoms with E-state index in [1.54, 1.807) is 0 Å². The molecule has 0 aromatic heterocycles. The molecule has 14 heavy (non-hydrogen) atoms. The number of methoxy groups -OCH3 is 1. The zero-order valence-electron chi connectivity index (χ0n) is 7.70. The number of phenolic OH excluding ortho intramolecular Hbond substituents is 1. The highest BCUT2D eigenvalue weighted by molar-refractivity contribution is 6.32. The molecule has 0 aliphatic carbocycles. The predicted molar refractivity (Wildman–Crippen MR) is 53.7 cm³/mol. The highest BCUT2D eigenvalue weighted by Gasteiger charge is 2.13. The molecule has 0 spiro atoms. The maximum atomic E-state index is 9.52. The van der Waals surface area contributed by atoms with Crippen LogP contribution in [-0.2, 0) is 0 Å². The van der Waals surface area contributed by atoms with Gasteiger partial charge < -0.3 is 20.7 Å². The van der Waals surface area contributed by atoms with Gasteiger partial charge in [0.15, 0.2) is 0 Å². The van der Waals surface area contributed by atoms with Gasteiger partial charge in [-0.2, -0.15) is 0 Å². The van der Waals surface area contributed by atoms with Crippen molar-refractivity contribution in [2.45, 2.75) is 6.04 Å². The monoisotopic (exact) mass is 217 g/mol. The lowest BCUT2D eigenvalue weighted by Crippen LogP contribution is -2.14. The average Bonchev–Trinajstić information content (AvgIpc) is 2.19. The fraction of sp³-hybridized carbons (Fsp3) is 0.333. The van der Waals surface area contributed by atoms with Gasteiger partial charge in [-0.1, -0.05) is 11.6 Å². The topological polar surface area (TPSA) is 75.7 Å². The summed E-state index contributed by atoms with van der Waals surface area (Å²) in [4.78, 5) is 0. The summed E-state index contributed by atoms with van der Waals surface area (Å²) >= 11 is 5.83. The Hall–Kier alpha value is -0.970. The van der Waals surface area contributed by atoms with Crippen molar-refractivity contribution in [1.29, 1.82) is 0 Å². The van der Waals surface area contributed by atoms with E-state index in [0.717, 1.165) is 0 Å². The molecule has 0 saturated heterocycles. The van der Waals surface area contributed by atoms with E-state index < -0.39 is 6.04 Å². The molecule has 1 aromatic carbocycles. The lowest BCUT2D eigenvalue weighted by atomic mass is 10.1. The molecule has 4 nitrogen and oxygen atoms in total. The summed E-state index contributed by atoms with van der Waals surface area (Å²) < 4.78 is 4.90. The zero-order chi connectivity index (χ0) is 10.7. The molecule has 1 aromatic rings. The first-order chi connectivity index (χ1) is 6.60. The van der Waals surface area contributed by atoms with Gasteiger partial charge in [0.25, 0.3) is 0 Å². The van der Waals surface area contributed by atoms with E-state index in [9.17, 15) is 5.11 Å². The molecule has 0 saturated carbocycles. The number of halogens is 1. The van der Waals surface area contributed by atoms with Crippen LogP contribution in [0.15, 0.2) is 12.1 Å². The number of rotatable bonds is 3. The molecule has 0 aliphatic rings. The number of hydrogen-bond acceptors (Lipinski definition) is 4. The summed E-state index contributed by atoms with van der Waals surface area (Å²) in [6, 6.07) is 2.21. The first-order valence-corrected chi connectivity index (χ1v) is 4.40. The Morgan fingerprint density at radius 1 is 1.57 bits per heavy atom. The molecule has 5 heteroatoms. The number of hydrogen-bond donors (Lipinski definition) is 3. The van der Waals surface area contributed by atoms with Crippen molar-refractivity contribution in [2.24, 2.45) is 5.73 Å². The zero-order valence-corrected chi connectivity index (χ0v) is 8.45. The van der Waals surface area contributed by atoms with Crippen molar-refractivity contribution >= 4 is 11.6 Å². The number of aromatic hydroxyl groups is 1. The summed E-state index contributed by atoms with van der Waals surface area (Å²) in [7, 11) is 1.45. The van der Waals surface area contributed by atoms with E-state index in [2.05, 4.69) is 0 Å². The molecule has 1 unspecified atom stereocenters. The van der Waals surface area contributed by atoms with E-state index in [0.29, 0.717) is 16.3 Å². The molecule has 0 bridgehead atoms. The molecule has 78 valence electrons. The Morgan fingerprint density at radius 3 is 2.71 bits per heavy atom. The first kappa shape index (κ1) is 11.1. The van der Waals surface area contributed by atoms with E-state index in [1.807, 2.05) is 0 Å². The molecule has 0 fully saturated rings. The maximum Gasteiger partial charge on any atom is 0.141 e. The SMILES string of the molecule is COc1cc(O)c(C(N)CO)cc1Cl. The number of aliphatic hydroxyl groups excluding tert-OH is 1. The van der Waals surface area contributed by atoms with E-state index >= 15 is 0 Å². The summed E-state index contributed by atoms with van der Waals surface area (Å²) in [6.45, 7) is -0.254. The number of benzene rings is 1. The molecular weight excluding hydrogens is 206 g/mol. The Labute approximate surface area is 86.9 Å². The fourth-order valence-corrected chi connectivity index (χ4v) is 1.36. The van der Waals surface area contributed by atoms with Gasteiger partial charge >= 0.3 is 0 Å². The highest BCUT2D eigenvalue weighted by Crippen LogP contribution is 2.34. The largest absolute Gasteiger partial charge is 0.507 e. The third kappa shape index (κ3) is 2.09. The van der Waals surface area contributed by atoms with Gasteiger partial charge in [0.2, 0.25) is 0 Å². The molecule has 0 heterocycles. The smallest absolute Gasteiger partial charge is 0.141 e. The predicted octanol–water partition coefficient (Wildman–Crippen LogP) is 1.05. The van der Waals surface area contributed by atoms with Crippen LogP contribution in [0.4, 0.5) is 0 Å². The molecule has 1 rings (SSSR count). The van der Waals surface area contributed by atoms with E-state index in [1.165, 1.54) is 19.2 Å². The van der Waals surface area contributed by atoms with Gasteiger partial charge in [-0.15, -0.1) is 0 Å². The Morgan fingerprint density at radius 2 is 2.21 bits per heavy atom. The van der Waals surface area contributed by atoms with Crippen molar-refractivity contribution in [3.63, 3.8) is 0 Å². The standard InChI is InChI=1S/C9H12ClNO3/c1-14-9-3-8(13)5(2-6(9)10)7(11)4-12/h2-3,7,12-13H,4,11H2,1H3. The van der Waals surface area contributed by atoms with Crippen molar-refractivity contribution in [3.8, 4) is 11.5 Å². The minimum atomic E-state index is -0.640. The van der Waals surface area contributed by atoms with Crippen molar-refractivity contribution in [1.82, 2.24) is 0 Å². The number of nitrogens with two attached hydrogens (primary N) is 1. The summed E-state index contributed by atoms with van der Waals surface area (Å²) in [5, 5.41) is 18.7. The minimum absolute atomic E-state index is 0.0344. The van der Waals surface area contributed by atoms with E-state index in [4.69, 9.17) is 27.2 Å². The Bertz CT molecular complexity index is 330. The van der Waals surface area contributed by atoms with Crippen LogP contribution in [0.1, 0.15) is 11.6 Å². The van der Waals surface area contributed by atoms with Crippen molar-refractivity contribution in [2.75, 3.05) is 13.7 Å². The first-order valence-electron chi connectivity index (χ1n) is 4.03. The van der Waals surface area contributed by atoms with E-state index in [-0.39, 0.29) is 12.4 Å². The number of aliphatic hydroxyl groups is 1. The summed E-state index contributed by atoms with van der Waals surface area (Å²) in [5.74, 6) is 0.339. The van der Waals surface area contributed by atoms with Crippen LogP contribution in [0.3, 0.4) is 0 Å². The molecule has 0 aliphatic heterocycles. The van der Waals surface area contributed by atoms with Gasteiger partial charge in [0.1, 0.15) is 11.5 Å². The minimum Gasteiger partial charge on any atom is -0.507 e. The van der Waals surface area contributed by atoms with Crippen LogP contribution < -0.4 is 10.5 Å².